The zero-order valence-electron chi connectivity index (χ0n) is 17.2. The molecular weight excluding hydrogens is 368 g/mol. The minimum Gasteiger partial charge on any atom is -0.481 e. The zero-order valence-corrected chi connectivity index (χ0v) is 18.0. The fraction of sp³-hybridized carbons (Fsp3) is 0.458. The van der Waals surface area contributed by atoms with E-state index in [0.717, 1.165) is 29.7 Å². The van der Waals surface area contributed by atoms with Crippen LogP contribution >= 0.6 is 10.5 Å². The Morgan fingerprint density at radius 1 is 1.14 bits per heavy atom. The first-order chi connectivity index (χ1) is 13.3. The van der Waals surface area contributed by atoms with Crippen LogP contribution in [0.2, 0.25) is 0 Å². The number of benzene rings is 1. The molecule has 0 amide bonds. The van der Waals surface area contributed by atoms with E-state index in [1.54, 1.807) is 0 Å². The van der Waals surface area contributed by atoms with Crippen molar-refractivity contribution >= 4 is 16.4 Å². The minimum atomic E-state index is -0.792. The Kier molecular flexibility index (Phi) is 6.46. The molecule has 28 heavy (non-hydrogen) atoms. The Morgan fingerprint density at radius 2 is 1.75 bits per heavy atom. The highest BCUT2D eigenvalue weighted by Crippen LogP contribution is 2.35. The molecule has 1 aliphatic rings. The lowest BCUT2D eigenvalue weighted by Crippen LogP contribution is -2.29. The SMILES string of the molecule is Cc1cc(-[s+]2cccc2)cc(C)c1OCC(=O)OC(C)(C)C#CC1CCCC1. The summed E-state index contributed by atoms with van der Waals surface area (Å²) in [6, 6.07) is 8.42. The van der Waals surface area contributed by atoms with Gasteiger partial charge in [0.25, 0.3) is 0 Å². The third-order valence-electron chi connectivity index (χ3n) is 4.90. The minimum absolute atomic E-state index is 0.0271. The Hall–Kier alpha value is -2.25. The smallest absolute Gasteiger partial charge is 0.345 e. The van der Waals surface area contributed by atoms with E-state index >= 15 is 0 Å². The maximum atomic E-state index is 12.3. The van der Waals surface area contributed by atoms with Crippen molar-refractivity contribution in [2.24, 2.45) is 5.92 Å². The summed E-state index contributed by atoms with van der Waals surface area (Å²) < 4.78 is 11.4. The second kappa shape index (κ2) is 8.84. The Balaban J connectivity index is 1.59. The third kappa shape index (κ3) is 5.39. The van der Waals surface area contributed by atoms with Crippen molar-refractivity contribution in [1.82, 2.24) is 0 Å². The second-order valence-electron chi connectivity index (χ2n) is 7.94. The number of thiophene rings is 1. The first-order valence-electron chi connectivity index (χ1n) is 9.89. The number of esters is 1. The van der Waals surface area contributed by atoms with Crippen molar-refractivity contribution in [3.63, 3.8) is 0 Å². The molecular formula is C24H29O3S+. The summed E-state index contributed by atoms with van der Waals surface area (Å²) in [7, 11) is 0.0271. The average Bonchev–Trinajstić information content (AvgIpc) is 3.32. The molecule has 3 nitrogen and oxygen atoms in total. The van der Waals surface area contributed by atoms with Crippen LogP contribution in [-0.4, -0.2) is 18.2 Å². The van der Waals surface area contributed by atoms with Crippen LogP contribution in [0, 0.1) is 31.6 Å². The third-order valence-corrected chi connectivity index (χ3v) is 6.58. The summed E-state index contributed by atoms with van der Waals surface area (Å²) in [5, 5.41) is 4.39. The number of ether oxygens (including phenoxy) is 2. The molecule has 0 radical (unpaired) electrons. The number of carbonyl (C=O) groups is 1. The van der Waals surface area contributed by atoms with E-state index in [1.165, 1.54) is 17.7 Å². The van der Waals surface area contributed by atoms with Crippen molar-refractivity contribution < 1.29 is 14.3 Å². The second-order valence-corrected chi connectivity index (χ2v) is 9.70. The molecule has 2 aromatic rings. The fourth-order valence-electron chi connectivity index (χ4n) is 3.55. The summed E-state index contributed by atoms with van der Waals surface area (Å²) >= 11 is 0. The van der Waals surface area contributed by atoms with Crippen LogP contribution in [0.15, 0.2) is 35.0 Å². The maximum absolute atomic E-state index is 12.3. The average molecular weight is 398 g/mol. The van der Waals surface area contributed by atoms with Gasteiger partial charge in [-0.1, -0.05) is 24.7 Å². The first-order valence-corrected chi connectivity index (χ1v) is 11.2. The van der Waals surface area contributed by atoms with E-state index < -0.39 is 11.6 Å². The van der Waals surface area contributed by atoms with Gasteiger partial charge in [-0.25, -0.2) is 4.79 Å². The number of hydrogen-bond donors (Lipinski definition) is 0. The molecule has 0 N–H and O–H groups in total. The number of carbonyl (C=O) groups excluding carboxylic acids is 1. The largest absolute Gasteiger partial charge is 0.481 e. The molecule has 0 saturated heterocycles. The summed E-state index contributed by atoms with van der Waals surface area (Å²) in [5.41, 5.74) is 1.27. The zero-order chi connectivity index (χ0) is 20.1. The molecule has 0 bridgehead atoms. The van der Waals surface area contributed by atoms with Crippen LogP contribution in [0.3, 0.4) is 0 Å². The molecule has 1 aliphatic carbocycles. The maximum Gasteiger partial charge on any atom is 0.345 e. The van der Waals surface area contributed by atoms with Gasteiger partial charge < -0.3 is 9.47 Å². The standard InChI is InChI=1S/C24H29O3S/c1-18-15-21(28-13-7-8-14-28)16-19(2)23(18)26-17-22(25)27-24(3,4)12-11-20-9-5-6-10-20/h7-8,13-16,20H,5-6,9-10,17H2,1-4H3/q+1. The lowest BCUT2D eigenvalue weighted by molar-refractivity contribution is -0.154. The van der Waals surface area contributed by atoms with Gasteiger partial charge in [0.15, 0.2) is 17.1 Å². The lowest BCUT2D eigenvalue weighted by atomic mass is 10.1. The monoisotopic (exact) mass is 397 g/mol. The first kappa shape index (κ1) is 20.5. The Morgan fingerprint density at radius 3 is 2.36 bits per heavy atom. The van der Waals surface area contributed by atoms with Crippen LogP contribution in [0.4, 0.5) is 0 Å². The fourth-order valence-corrected chi connectivity index (χ4v) is 5.10. The molecule has 1 aromatic heterocycles. The van der Waals surface area contributed by atoms with Gasteiger partial charge in [0.1, 0.15) is 16.5 Å². The molecule has 4 heteroatoms. The van der Waals surface area contributed by atoms with E-state index in [0.29, 0.717) is 5.92 Å². The van der Waals surface area contributed by atoms with Crippen molar-refractivity contribution in [3.05, 3.63) is 46.2 Å². The Bertz CT molecular complexity index is 855. The van der Waals surface area contributed by atoms with Crippen LogP contribution in [0.5, 0.6) is 5.75 Å². The normalized spacial score (nSPS) is 14.4. The van der Waals surface area contributed by atoms with Crippen molar-refractivity contribution in [2.75, 3.05) is 6.61 Å². The van der Waals surface area contributed by atoms with E-state index in [9.17, 15) is 4.79 Å². The van der Waals surface area contributed by atoms with Gasteiger partial charge in [0.05, 0.1) is 0 Å². The quantitative estimate of drug-likeness (QED) is 0.356. The van der Waals surface area contributed by atoms with Gasteiger partial charge in [-0.3, -0.25) is 0 Å². The molecule has 1 saturated carbocycles. The summed E-state index contributed by atoms with van der Waals surface area (Å²) in [6.45, 7) is 7.59. The highest BCUT2D eigenvalue weighted by atomic mass is 32.2. The van der Waals surface area contributed by atoms with Crippen LogP contribution in [0.1, 0.15) is 50.7 Å². The van der Waals surface area contributed by atoms with Gasteiger partial charge in [-0.15, -0.1) is 0 Å². The number of aryl methyl sites for hydroxylation is 2. The van der Waals surface area contributed by atoms with Gasteiger partial charge in [0.2, 0.25) is 0 Å². The van der Waals surface area contributed by atoms with E-state index in [1.807, 2.05) is 27.7 Å². The van der Waals surface area contributed by atoms with Crippen LogP contribution < -0.4 is 4.74 Å². The molecule has 0 atom stereocenters. The van der Waals surface area contributed by atoms with Crippen LogP contribution in [-0.2, 0) is 9.53 Å². The molecule has 1 fully saturated rings. The molecule has 148 valence electrons. The molecule has 0 aliphatic heterocycles. The van der Waals surface area contributed by atoms with Crippen LogP contribution in [0.25, 0.3) is 4.90 Å². The lowest BCUT2D eigenvalue weighted by Gasteiger charge is -2.20. The summed E-state index contributed by atoms with van der Waals surface area (Å²) in [4.78, 5) is 13.6. The van der Waals surface area contributed by atoms with Crippen molar-refractivity contribution in [2.45, 2.75) is 59.0 Å². The van der Waals surface area contributed by atoms with Crippen molar-refractivity contribution in [1.29, 1.82) is 0 Å². The highest BCUT2D eigenvalue weighted by Gasteiger charge is 2.22. The molecule has 3 rings (SSSR count). The number of hydrogen-bond acceptors (Lipinski definition) is 3. The van der Waals surface area contributed by atoms with Gasteiger partial charge in [0, 0.05) is 28.5 Å². The van der Waals surface area contributed by atoms with Gasteiger partial charge in [-0.05, 0) is 63.8 Å². The van der Waals surface area contributed by atoms with E-state index in [-0.39, 0.29) is 17.1 Å². The molecule has 1 aromatic carbocycles. The Labute approximate surface area is 171 Å². The topological polar surface area (TPSA) is 35.5 Å². The predicted molar refractivity (Wildman–Crippen MR) is 115 cm³/mol. The van der Waals surface area contributed by atoms with E-state index in [2.05, 4.69) is 46.9 Å². The molecule has 0 spiro atoms. The van der Waals surface area contributed by atoms with Gasteiger partial charge in [-0.2, -0.15) is 0 Å². The van der Waals surface area contributed by atoms with Gasteiger partial charge >= 0.3 is 5.97 Å². The van der Waals surface area contributed by atoms with Crippen molar-refractivity contribution in [3.8, 4) is 22.5 Å². The summed E-state index contributed by atoms with van der Waals surface area (Å²) in [6.07, 6.45) is 4.81. The highest BCUT2D eigenvalue weighted by molar-refractivity contribution is 7.36. The van der Waals surface area contributed by atoms with E-state index in [4.69, 9.17) is 9.47 Å². The molecule has 0 unspecified atom stereocenters. The molecule has 1 heterocycles. The number of rotatable bonds is 5. The predicted octanol–water partition coefficient (Wildman–Crippen LogP) is 5.94. The summed E-state index contributed by atoms with van der Waals surface area (Å²) in [5.74, 6) is 7.22.